The van der Waals surface area contributed by atoms with Crippen molar-refractivity contribution in [2.45, 2.75) is 6.54 Å². The summed E-state index contributed by atoms with van der Waals surface area (Å²) in [6.45, 7) is -0.0463. The molecule has 5 nitrogen and oxygen atoms in total. The maximum Gasteiger partial charge on any atom is 0.511 e. The van der Waals surface area contributed by atoms with E-state index >= 15 is 0 Å². The van der Waals surface area contributed by atoms with Gasteiger partial charge >= 0.3 is 6.16 Å². The van der Waals surface area contributed by atoms with Gasteiger partial charge in [0.1, 0.15) is 11.6 Å². The van der Waals surface area contributed by atoms with Gasteiger partial charge in [-0.2, -0.15) is 0 Å². The van der Waals surface area contributed by atoms with Crippen molar-refractivity contribution in [1.29, 1.82) is 0 Å². The van der Waals surface area contributed by atoms with Crippen LogP contribution >= 0.6 is 15.9 Å². The first kappa shape index (κ1) is 17.1. The number of carbonyl (C=O) groups is 1. The molecular weight excluding hydrogens is 400 g/mol. The molecule has 1 N–H and O–H groups in total. The highest BCUT2D eigenvalue weighted by Crippen LogP contribution is 2.22. The molecule has 0 amide bonds. The third-order valence-electron chi connectivity index (χ3n) is 3.58. The van der Waals surface area contributed by atoms with Gasteiger partial charge in [0.2, 0.25) is 5.43 Å². The van der Waals surface area contributed by atoms with Crippen molar-refractivity contribution in [1.82, 2.24) is 4.57 Å². The predicted molar refractivity (Wildman–Crippen MR) is 90.0 cm³/mol. The molecule has 0 spiro atoms. The predicted octanol–water partition coefficient (Wildman–Crippen LogP) is 4.15. The second kappa shape index (κ2) is 6.64. The Morgan fingerprint density at radius 1 is 1.20 bits per heavy atom. The number of aromatic nitrogens is 1. The largest absolute Gasteiger partial charge is 0.511 e. The van der Waals surface area contributed by atoms with Crippen molar-refractivity contribution in [3.63, 3.8) is 0 Å². The molecule has 0 aliphatic carbocycles. The van der Waals surface area contributed by atoms with E-state index in [1.165, 1.54) is 28.8 Å². The SMILES string of the molecule is O=C(O)Oc1cn(Cc2ccc(Br)cc2F)c2cccc(F)c2c1=O. The van der Waals surface area contributed by atoms with Crippen molar-refractivity contribution in [2.75, 3.05) is 0 Å². The van der Waals surface area contributed by atoms with E-state index in [2.05, 4.69) is 20.7 Å². The summed E-state index contributed by atoms with van der Waals surface area (Å²) in [4.78, 5) is 23.1. The van der Waals surface area contributed by atoms with Crippen LogP contribution in [0.1, 0.15) is 5.56 Å². The van der Waals surface area contributed by atoms with Crippen molar-refractivity contribution < 1.29 is 23.4 Å². The quantitative estimate of drug-likeness (QED) is 0.659. The average Bonchev–Trinajstić information content (AvgIpc) is 2.53. The summed E-state index contributed by atoms with van der Waals surface area (Å²) in [7, 11) is 0. The molecule has 0 aliphatic rings. The van der Waals surface area contributed by atoms with Gasteiger partial charge in [-0.3, -0.25) is 4.79 Å². The molecule has 0 saturated heterocycles. The van der Waals surface area contributed by atoms with Crippen LogP contribution in [0.2, 0.25) is 0 Å². The molecule has 0 bridgehead atoms. The van der Waals surface area contributed by atoms with E-state index in [0.29, 0.717) is 4.47 Å². The number of pyridine rings is 1. The van der Waals surface area contributed by atoms with Gasteiger partial charge in [-0.1, -0.05) is 28.1 Å². The third kappa shape index (κ3) is 3.39. The monoisotopic (exact) mass is 409 g/mol. The maximum atomic E-state index is 14.1. The number of hydrogen-bond donors (Lipinski definition) is 1. The fraction of sp³-hybridized carbons (Fsp3) is 0.0588. The van der Waals surface area contributed by atoms with Crippen LogP contribution in [0.25, 0.3) is 10.9 Å². The molecule has 1 heterocycles. The molecule has 0 radical (unpaired) electrons. The van der Waals surface area contributed by atoms with Crippen LogP contribution < -0.4 is 10.2 Å². The van der Waals surface area contributed by atoms with Crippen LogP contribution in [0, 0.1) is 11.6 Å². The molecule has 8 heteroatoms. The van der Waals surface area contributed by atoms with E-state index in [4.69, 9.17) is 5.11 Å². The van der Waals surface area contributed by atoms with Gasteiger partial charge in [0.15, 0.2) is 5.75 Å². The number of rotatable bonds is 3. The second-order valence-electron chi connectivity index (χ2n) is 5.19. The van der Waals surface area contributed by atoms with Gasteiger partial charge in [0.05, 0.1) is 23.6 Å². The Morgan fingerprint density at radius 2 is 1.96 bits per heavy atom. The van der Waals surface area contributed by atoms with Crippen LogP contribution in [0.4, 0.5) is 13.6 Å². The number of nitrogens with zero attached hydrogens (tertiary/aromatic N) is 1. The maximum absolute atomic E-state index is 14.1. The fourth-order valence-corrected chi connectivity index (χ4v) is 2.83. The van der Waals surface area contributed by atoms with Gasteiger partial charge in [-0.25, -0.2) is 13.6 Å². The lowest BCUT2D eigenvalue weighted by atomic mass is 10.1. The summed E-state index contributed by atoms with van der Waals surface area (Å²) < 4.78 is 34.6. The van der Waals surface area contributed by atoms with Crippen molar-refractivity contribution >= 4 is 33.0 Å². The number of halogens is 3. The van der Waals surface area contributed by atoms with Gasteiger partial charge in [0, 0.05) is 10.0 Å². The van der Waals surface area contributed by atoms with E-state index < -0.39 is 29.0 Å². The lowest BCUT2D eigenvalue weighted by molar-refractivity contribution is 0.144. The van der Waals surface area contributed by atoms with Crippen molar-refractivity contribution in [2.24, 2.45) is 0 Å². The Kier molecular flexibility index (Phi) is 4.54. The molecule has 0 aliphatic heterocycles. The zero-order valence-corrected chi connectivity index (χ0v) is 14.1. The summed E-state index contributed by atoms with van der Waals surface area (Å²) in [5.41, 5.74) is -0.410. The molecule has 0 saturated carbocycles. The molecule has 0 unspecified atom stereocenters. The average molecular weight is 410 g/mol. The standard InChI is InChI=1S/C17H10BrF2NO4/c18-10-5-4-9(12(20)6-10)7-21-8-14(25-17(23)24)16(22)15-11(19)2-1-3-13(15)21/h1-6,8H,7H2,(H,23,24). The highest BCUT2D eigenvalue weighted by Gasteiger charge is 2.16. The zero-order chi connectivity index (χ0) is 18.1. The number of fused-ring (bicyclic) bond motifs is 1. The van der Waals surface area contributed by atoms with Crippen LogP contribution in [0.5, 0.6) is 5.75 Å². The number of benzene rings is 2. The van der Waals surface area contributed by atoms with E-state index in [1.807, 2.05) is 0 Å². The Labute approximate surface area is 148 Å². The smallest absolute Gasteiger partial charge is 0.449 e. The van der Waals surface area contributed by atoms with Gasteiger partial charge in [-0.05, 0) is 24.3 Å². The number of hydrogen-bond acceptors (Lipinski definition) is 3. The van der Waals surface area contributed by atoms with E-state index in [9.17, 15) is 18.4 Å². The molecule has 0 fully saturated rings. The normalized spacial score (nSPS) is 10.8. The first-order valence-electron chi connectivity index (χ1n) is 7.03. The minimum absolute atomic E-state index is 0.0463. The summed E-state index contributed by atoms with van der Waals surface area (Å²) in [6, 6.07) is 8.41. The van der Waals surface area contributed by atoms with Crippen LogP contribution in [0.3, 0.4) is 0 Å². The molecule has 1 aromatic heterocycles. The molecule has 0 atom stereocenters. The molecule has 3 rings (SSSR count). The lowest BCUT2D eigenvalue weighted by Gasteiger charge is -2.14. The molecule has 25 heavy (non-hydrogen) atoms. The lowest BCUT2D eigenvalue weighted by Crippen LogP contribution is -2.17. The minimum atomic E-state index is -1.70. The Morgan fingerprint density at radius 3 is 2.64 bits per heavy atom. The first-order chi connectivity index (χ1) is 11.9. The van der Waals surface area contributed by atoms with Gasteiger partial charge in [-0.15, -0.1) is 0 Å². The highest BCUT2D eigenvalue weighted by atomic mass is 79.9. The summed E-state index contributed by atoms with van der Waals surface area (Å²) in [6.07, 6.45) is -0.575. The topological polar surface area (TPSA) is 68.5 Å². The highest BCUT2D eigenvalue weighted by molar-refractivity contribution is 9.10. The molecule has 128 valence electrons. The molecule has 2 aromatic carbocycles. The molecular formula is C17H10BrF2NO4. The van der Waals surface area contributed by atoms with Crippen molar-refractivity contribution in [3.05, 3.63) is 74.5 Å². The molecule has 3 aromatic rings. The minimum Gasteiger partial charge on any atom is -0.449 e. The van der Waals surface area contributed by atoms with Gasteiger partial charge in [0.25, 0.3) is 0 Å². The van der Waals surface area contributed by atoms with Crippen LogP contribution in [-0.2, 0) is 6.54 Å². The third-order valence-corrected chi connectivity index (χ3v) is 4.07. The van der Waals surface area contributed by atoms with E-state index in [-0.39, 0.29) is 23.0 Å². The van der Waals surface area contributed by atoms with Gasteiger partial charge < -0.3 is 14.4 Å². The summed E-state index contributed by atoms with van der Waals surface area (Å²) >= 11 is 3.16. The Hall–Kier alpha value is -2.74. The van der Waals surface area contributed by atoms with Crippen LogP contribution in [-0.4, -0.2) is 15.8 Å². The zero-order valence-electron chi connectivity index (χ0n) is 12.5. The second-order valence-corrected chi connectivity index (χ2v) is 6.10. The summed E-state index contributed by atoms with van der Waals surface area (Å²) in [5, 5.41) is 8.44. The summed E-state index contributed by atoms with van der Waals surface area (Å²) in [5.74, 6) is -1.87. The Balaban J connectivity index is 2.22. The van der Waals surface area contributed by atoms with Crippen LogP contribution in [0.15, 0.2) is 51.9 Å². The fourth-order valence-electron chi connectivity index (χ4n) is 2.50. The first-order valence-corrected chi connectivity index (χ1v) is 7.82. The van der Waals surface area contributed by atoms with Crippen molar-refractivity contribution in [3.8, 4) is 5.75 Å². The van der Waals surface area contributed by atoms with E-state index in [1.54, 1.807) is 6.07 Å². The number of carboxylic acid groups (broad SMARTS) is 1. The van der Waals surface area contributed by atoms with E-state index in [0.717, 1.165) is 12.3 Å². The number of ether oxygens (including phenoxy) is 1. The Bertz CT molecular complexity index is 1050.